The largest absolute Gasteiger partial charge is 0.365 e. The van der Waals surface area contributed by atoms with Gasteiger partial charge in [0.1, 0.15) is 6.10 Å². The average molecular weight is 340 g/mol. The molecule has 0 saturated heterocycles. The first-order valence-corrected chi connectivity index (χ1v) is 9.54. The molecule has 1 aliphatic rings. The number of benzene rings is 1. The van der Waals surface area contributed by atoms with E-state index in [1.807, 2.05) is 6.92 Å². The third kappa shape index (κ3) is 5.30. The van der Waals surface area contributed by atoms with E-state index in [4.69, 9.17) is 9.88 Å². The van der Waals surface area contributed by atoms with Crippen molar-refractivity contribution in [1.82, 2.24) is 0 Å². The Morgan fingerprint density at radius 3 is 2.65 bits per heavy atom. The first-order valence-electron chi connectivity index (χ1n) is 7.99. The lowest BCUT2D eigenvalue weighted by Gasteiger charge is -2.26. The fourth-order valence-electron chi connectivity index (χ4n) is 2.75. The van der Waals surface area contributed by atoms with Crippen LogP contribution in [-0.2, 0) is 19.6 Å². The molecule has 0 aromatic heterocycles. The Hall–Kier alpha value is -1.44. The zero-order valence-electron chi connectivity index (χ0n) is 13.3. The number of nitrogens with two attached hydrogens (primary N) is 1. The number of ether oxygens (including phenoxy) is 1. The lowest BCUT2D eigenvalue weighted by molar-refractivity contribution is -0.132. The Bertz CT molecular complexity index is 639. The van der Waals surface area contributed by atoms with Crippen molar-refractivity contribution in [2.75, 3.05) is 5.32 Å². The first-order chi connectivity index (χ1) is 10.9. The summed E-state index contributed by atoms with van der Waals surface area (Å²) in [5.74, 6) is -0.260. The molecular weight excluding hydrogens is 316 g/mol. The first kappa shape index (κ1) is 17.9. The van der Waals surface area contributed by atoms with E-state index in [2.05, 4.69) is 5.32 Å². The van der Waals surface area contributed by atoms with Crippen molar-refractivity contribution in [2.24, 2.45) is 5.14 Å². The molecule has 1 aliphatic carbocycles. The molecule has 128 valence electrons. The minimum atomic E-state index is -3.79. The zero-order valence-corrected chi connectivity index (χ0v) is 14.1. The average Bonchev–Trinajstić information content (AvgIpc) is 2.53. The molecule has 1 saturated carbocycles. The quantitative estimate of drug-likeness (QED) is 0.830. The highest BCUT2D eigenvalue weighted by Gasteiger charge is 2.23. The third-order valence-electron chi connectivity index (χ3n) is 4.00. The van der Waals surface area contributed by atoms with Crippen molar-refractivity contribution in [1.29, 1.82) is 0 Å². The van der Waals surface area contributed by atoms with Crippen molar-refractivity contribution in [3.8, 4) is 0 Å². The summed E-state index contributed by atoms with van der Waals surface area (Å²) in [5, 5.41) is 7.81. The Kier molecular flexibility index (Phi) is 6.15. The molecule has 1 fully saturated rings. The van der Waals surface area contributed by atoms with Gasteiger partial charge < -0.3 is 10.1 Å². The van der Waals surface area contributed by atoms with Crippen LogP contribution in [0.5, 0.6) is 0 Å². The van der Waals surface area contributed by atoms with Crippen LogP contribution in [0.25, 0.3) is 0 Å². The van der Waals surface area contributed by atoms with Gasteiger partial charge in [0.15, 0.2) is 0 Å². The fourth-order valence-corrected chi connectivity index (χ4v) is 3.31. The van der Waals surface area contributed by atoms with Crippen molar-refractivity contribution < 1.29 is 17.9 Å². The molecule has 0 spiro atoms. The smallest absolute Gasteiger partial charge is 0.253 e. The molecule has 23 heavy (non-hydrogen) atoms. The maximum Gasteiger partial charge on any atom is 0.253 e. The predicted molar refractivity (Wildman–Crippen MR) is 88.5 cm³/mol. The summed E-state index contributed by atoms with van der Waals surface area (Å²) in [6, 6.07) is 5.90. The van der Waals surface area contributed by atoms with Crippen LogP contribution in [0.4, 0.5) is 5.69 Å². The number of carbonyl (C=O) groups excluding carboxylic acids is 1. The van der Waals surface area contributed by atoms with E-state index >= 15 is 0 Å². The third-order valence-corrected chi connectivity index (χ3v) is 4.91. The number of hydrogen-bond acceptors (Lipinski definition) is 4. The Morgan fingerprint density at radius 2 is 2.04 bits per heavy atom. The van der Waals surface area contributed by atoms with Gasteiger partial charge in [-0.3, -0.25) is 4.79 Å². The SMILES string of the molecule is CC[C@@H](OC1CCCCC1)C(=O)Nc1cccc(S(N)(=O)=O)c1. The van der Waals surface area contributed by atoms with E-state index in [1.54, 1.807) is 6.07 Å². The van der Waals surface area contributed by atoms with Gasteiger partial charge in [0, 0.05) is 5.69 Å². The number of sulfonamides is 1. The van der Waals surface area contributed by atoms with Crippen LogP contribution in [0.1, 0.15) is 45.4 Å². The normalized spacial score (nSPS) is 17.7. The van der Waals surface area contributed by atoms with Crippen LogP contribution in [-0.4, -0.2) is 26.5 Å². The van der Waals surface area contributed by atoms with E-state index in [-0.39, 0.29) is 16.9 Å². The maximum atomic E-state index is 12.4. The summed E-state index contributed by atoms with van der Waals surface area (Å²) in [6.45, 7) is 1.90. The van der Waals surface area contributed by atoms with E-state index in [0.717, 1.165) is 25.7 Å². The molecule has 0 unspecified atom stereocenters. The second-order valence-corrected chi connectivity index (χ2v) is 7.42. The molecule has 1 aromatic rings. The number of hydrogen-bond donors (Lipinski definition) is 2. The Morgan fingerprint density at radius 1 is 1.35 bits per heavy atom. The fraction of sp³-hybridized carbons (Fsp3) is 0.562. The number of nitrogens with one attached hydrogen (secondary N) is 1. The molecule has 1 amide bonds. The topological polar surface area (TPSA) is 98.5 Å². The summed E-state index contributed by atoms with van der Waals surface area (Å²) >= 11 is 0. The van der Waals surface area contributed by atoms with Crippen LogP contribution >= 0.6 is 0 Å². The number of anilines is 1. The Balaban J connectivity index is 2.01. The zero-order chi connectivity index (χ0) is 16.9. The van der Waals surface area contributed by atoms with Gasteiger partial charge in [-0.15, -0.1) is 0 Å². The standard InChI is InChI=1S/C16H24N2O4S/c1-2-15(22-13-8-4-3-5-9-13)16(19)18-12-7-6-10-14(11-12)23(17,20)21/h6-7,10-11,13,15H,2-5,8-9H2,1H3,(H,18,19)(H2,17,20,21)/t15-/m1/s1. The lowest BCUT2D eigenvalue weighted by atomic mass is 9.97. The molecule has 7 heteroatoms. The van der Waals surface area contributed by atoms with Crippen LogP contribution < -0.4 is 10.5 Å². The van der Waals surface area contributed by atoms with E-state index < -0.39 is 16.1 Å². The minimum Gasteiger partial charge on any atom is -0.365 e. The van der Waals surface area contributed by atoms with Crippen LogP contribution in [0.15, 0.2) is 29.2 Å². The van der Waals surface area contributed by atoms with Crippen LogP contribution in [0, 0.1) is 0 Å². The summed E-state index contributed by atoms with van der Waals surface area (Å²) in [4.78, 5) is 12.3. The van der Waals surface area contributed by atoms with Crippen LogP contribution in [0.2, 0.25) is 0 Å². The van der Waals surface area contributed by atoms with Crippen molar-refractivity contribution in [2.45, 2.75) is 62.6 Å². The molecule has 6 nitrogen and oxygen atoms in total. The van der Waals surface area contributed by atoms with Gasteiger partial charge in [0.2, 0.25) is 10.0 Å². The summed E-state index contributed by atoms with van der Waals surface area (Å²) in [6.07, 6.45) is 5.65. The maximum absolute atomic E-state index is 12.4. The second kappa shape index (κ2) is 7.90. The lowest BCUT2D eigenvalue weighted by Crippen LogP contribution is -2.34. The molecule has 0 radical (unpaired) electrons. The molecule has 1 atom stereocenters. The summed E-state index contributed by atoms with van der Waals surface area (Å²) in [7, 11) is -3.79. The van der Waals surface area contributed by atoms with E-state index in [0.29, 0.717) is 12.1 Å². The molecular formula is C16H24N2O4S. The molecule has 0 aliphatic heterocycles. The van der Waals surface area contributed by atoms with Gasteiger partial charge in [-0.05, 0) is 37.5 Å². The van der Waals surface area contributed by atoms with Gasteiger partial charge >= 0.3 is 0 Å². The van der Waals surface area contributed by atoms with Crippen molar-refractivity contribution in [3.63, 3.8) is 0 Å². The second-order valence-electron chi connectivity index (χ2n) is 5.86. The summed E-state index contributed by atoms with van der Waals surface area (Å²) in [5.41, 5.74) is 0.396. The van der Waals surface area contributed by atoms with Crippen molar-refractivity contribution in [3.05, 3.63) is 24.3 Å². The van der Waals surface area contributed by atoms with E-state index in [9.17, 15) is 13.2 Å². The van der Waals surface area contributed by atoms with Gasteiger partial charge in [-0.1, -0.05) is 32.3 Å². The molecule has 0 bridgehead atoms. The number of carbonyl (C=O) groups is 1. The van der Waals surface area contributed by atoms with E-state index in [1.165, 1.54) is 24.6 Å². The highest BCUT2D eigenvalue weighted by molar-refractivity contribution is 7.89. The van der Waals surface area contributed by atoms with Crippen molar-refractivity contribution >= 4 is 21.6 Å². The predicted octanol–water partition coefficient (Wildman–Crippen LogP) is 2.40. The highest BCUT2D eigenvalue weighted by Crippen LogP contribution is 2.23. The van der Waals surface area contributed by atoms with Gasteiger partial charge in [0.05, 0.1) is 11.0 Å². The number of amides is 1. The number of rotatable bonds is 6. The highest BCUT2D eigenvalue weighted by atomic mass is 32.2. The Labute approximate surface area is 137 Å². The molecule has 3 N–H and O–H groups in total. The molecule has 2 rings (SSSR count). The van der Waals surface area contributed by atoms with Crippen LogP contribution in [0.3, 0.4) is 0 Å². The summed E-state index contributed by atoms with van der Waals surface area (Å²) < 4.78 is 28.6. The monoisotopic (exact) mass is 340 g/mol. The van der Waals surface area contributed by atoms with Gasteiger partial charge in [-0.25, -0.2) is 13.6 Å². The van der Waals surface area contributed by atoms with Gasteiger partial charge in [-0.2, -0.15) is 0 Å². The van der Waals surface area contributed by atoms with Gasteiger partial charge in [0.25, 0.3) is 5.91 Å². The number of primary sulfonamides is 1. The minimum absolute atomic E-state index is 0.0310. The molecule has 1 aromatic carbocycles. The molecule has 0 heterocycles.